The summed E-state index contributed by atoms with van der Waals surface area (Å²) in [5.74, 6) is 0.126. The first kappa shape index (κ1) is 16.2. The molecule has 1 aliphatic heterocycles. The topological polar surface area (TPSA) is 109 Å². The van der Waals surface area contributed by atoms with E-state index in [1.165, 1.54) is 12.1 Å². The first-order valence-electron chi connectivity index (χ1n) is 6.93. The number of rotatable bonds is 2. The van der Waals surface area contributed by atoms with Crippen molar-refractivity contribution in [2.24, 2.45) is 0 Å². The zero-order valence-corrected chi connectivity index (χ0v) is 12.9. The van der Waals surface area contributed by atoms with Gasteiger partial charge in [0, 0.05) is 17.5 Å². The molecule has 7 nitrogen and oxygen atoms in total. The molecule has 124 valence electrons. The fourth-order valence-electron chi connectivity index (χ4n) is 2.42. The summed E-state index contributed by atoms with van der Waals surface area (Å²) in [6.45, 7) is 1.56. The Bertz CT molecular complexity index is 787. The number of benzene rings is 1. The Morgan fingerprint density at radius 2 is 1.96 bits per heavy atom. The number of halogens is 1. The van der Waals surface area contributed by atoms with Gasteiger partial charge in [0.2, 0.25) is 6.29 Å². The monoisotopic (exact) mass is 342 g/mol. The zero-order valence-electron chi connectivity index (χ0n) is 12.1. The molecule has 0 aliphatic carbocycles. The van der Waals surface area contributed by atoms with E-state index in [2.05, 4.69) is 0 Å². The smallest absolute Gasteiger partial charge is 0.336 e. The van der Waals surface area contributed by atoms with E-state index in [1.54, 1.807) is 13.0 Å². The van der Waals surface area contributed by atoms with Crippen LogP contribution in [0.2, 0.25) is 5.02 Å². The molecule has 0 bridgehead atoms. The molecule has 2 heterocycles. The highest BCUT2D eigenvalue weighted by molar-refractivity contribution is 6.32. The van der Waals surface area contributed by atoms with Gasteiger partial charge < -0.3 is 29.2 Å². The van der Waals surface area contributed by atoms with Crippen molar-refractivity contribution in [1.82, 2.24) is 0 Å². The van der Waals surface area contributed by atoms with Crippen LogP contribution in [0.1, 0.15) is 5.56 Å². The SMILES string of the molecule is Cc1cc(=O)oc2cc(O[C@@H]3OC[C@@H](O)C(O)[C@H]3O)c(Cl)cc12. The second kappa shape index (κ2) is 6.10. The maximum Gasteiger partial charge on any atom is 0.336 e. The molecule has 0 radical (unpaired) electrons. The summed E-state index contributed by atoms with van der Waals surface area (Å²) in [6.07, 6.45) is -5.25. The van der Waals surface area contributed by atoms with Gasteiger partial charge in [-0.1, -0.05) is 11.6 Å². The van der Waals surface area contributed by atoms with Gasteiger partial charge in [-0.2, -0.15) is 0 Å². The third kappa shape index (κ3) is 3.06. The summed E-state index contributed by atoms with van der Waals surface area (Å²) in [4.78, 5) is 11.5. The molecule has 1 aromatic carbocycles. The highest BCUT2D eigenvalue weighted by atomic mass is 35.5. The molecule has 0 amide bonds. The van der Waals surface area contributed by atoms with Gasteiger partial charge in [0.05, 0.1) is 11.6 Å². The van der Waals surface area contributed by atoms with Crippen molar-refractivity contribution in [1.29, 1.82) is 0 Å². The standard InChI is InChI=1S/C15H15ClO7/c1-6-2-12(18)22-10-4-11(8(16)3-7(6)10)23-15-14(20)13(19)9(17)5-21-15/h2-4,9,13-15,17,19-20H,5H2,1H3/t9-,13?,14-,15+/m1/s1. The molecule has 2 aromatic rings. The second-order valence-corrected chi connectivity index (χ2v) is 5.80. The molecular weight excluding hydrogens is 328 g/mol. The Labute approximate surface area is 135 Å². The van der Waals surface area contributed by atoms with Gasteiger partial charge in [-0.15, -0.1) is 0 Å². The number of aliphatic hydroxyl groups is 3. The predicted molar refractivity (Wildman–Crippen MR) is 80.6 cm³/mol. The average molecular weight is 343 g/mol. The Balaban J connectivity index is 1.94. The molecule has 0 saturated carbocycles. The molecule has 1 unspecified atom stereocenters. The van der Waals surface area contributed by atoms with Crippen LogP contribution in [0.4, 0.5) is 0 Å². The fourth-order valence-corrected chi connectivity index (χ4v) is 2.63. The summed E-state index contributed by atoms with van der Waals surface area (Å²) in [5.41, 5.74) is 0.480. The lowest BCUT2D eigenvalue weighted by atomic mass is 10.1. The second-order valence-electron chi connectivity index (χ2n) is 5.40. The lowest BCUT2D eigenvalue weighted by Gasteiger charge is -2.35. The minimum absolute atomic E-state index is 0.126. The van der Waals surface area contributed by atoms with Crippen LogP contribution in [-0.4, -0.2) is 46.5 Å². The molecule has 1 fully saturated rings. The largest absolute Gasteiger partial charge is 0.460 e. The number of hydrogen-bond acceptors (Lipinski definition) is 7. The van der Waals surface area contributed by atoms with Gasteiger partial charge in [0.25, 0.3) is 0 Å². The quantitative estimate of drug-likeness (QED) is 0.684. The minimum Gasteiger partial charge on any atom is -0.460 e. The molecule has 1 aliphatic rings. The van der Waals surface area contributed by atoms with Crippen molar-refractivity contribution in [3.63, 3.8) is 0 Å². The fraction of sp³-hybridized carbons (Fsp3) is 0.400. The van der Waals surface area contributed by atoms with Gasteiger partial charge in [0.1, 0.15) is 29.6 Å². The van der Waals surface area contributed by atoms with E-state index in [-0.39, 0.29) is 23.0 Å². The van der Waals surface area contributed by atoms with E-state index in [1.807, 2.05) is 0 Å². The lowest BCUT2D eigenvalue weighted by Crippen LogP contribution is -2.54. The van der Waals surface area contributed by atoms with Gasteiger partial charge >= 0.3 is 5.63 Å². The summed E-state index contributed by atoms with van der Waals surface area (Å²) in [7, 11) is 0. The molecule has 4 atom stereocenters. The van der Waals surface area contributed by atoms with Crippen molar-refractivity contribution >= 4 is 22.6 Å². The summed E-state index contributed by atoms with van der Waals surface area (Å²) in [5, 5.41) is 29.8. The van der Waals surface area contributed by atoms with Crippen molar-refractivity contribution in [2.75, 3.05) is 6.61 Å². The third-order valence-corrected chi connectivity index (χ3v) is 4.00. The minimum atomic E-state index is -1.45. The first-order valence-corrected chi connectivity index (χ1v) is 7.31. The van der Waals surface area contributed by atoms with Gasteiger partial charge in [-0.3, -0.25) is 0 Å². The van der Waals surface area contributed by atoms with Crippen molar-refractivity contribution < 1.29 is 29.2 Å². The molecule has 1 saturated heterocycles. The molecule has 23 heavy (non-hydrogen) atoms. The van der Waals surface area contributed by atoms with Crippen LogP contribution in [0.5, 0.6) is 5.75 Å². The summed E-state index contributed by atoms with van der Waals surface area (Å²) < 4.78 is 15.7. The molecule has 0 spiro atoms. The Morgan fingerprint density at radius 3 is 2.70 bits per heavy atom. The van der Waals surface area contributed by atoms with Gasteiger partial charge in [0.15, 0.2) is 0 Å². The lowest BCUT2D eigenvalue weighted by molar-refractivity contribution is -0.241. The summed E-state index contributed by atoms with van der Waals surface area (Å²) >= 11 is 6.15. The van der Waals surface area contributed by atoms with E-state index in [0.29, 0.717) is 10.9 Å². The Kier molecular flexibility index (Phi) is 4.31. The van der Waals surface area contributed by atoms with Gasteiger partial charge in [-0.05, 0) is 18.6 Å². The number of aliphatic hydroxyl groups excluding tert-OH is 3. The van der Waals surface area contributed by atoms with Crippen LogP contribution in [0.25, 0.3) is 11.0 Å². The Morgan fingerprint density at radius 1 is 1.22 bits per heavy atom. The van der Waals surface area contributed by atoms with Crippen LogP contribution in [-0.2, 0) is 4.74 Å². The van der Waals surface area contributed by atoms with E-state index < -0.39 is 30.2 Å². The maximum absolute atomic E-state index is 11.5. The Hall–Kier alpha value is -1.64. The highest BCUT2D eigenvalue weighted by Gasteiger charge is 2.39. The van der Waals surface area contributed by atoms with E-state index in [9.17, 15) is 20.1 Å². The van der Waals surface area contributed by atoms with Crippen LogP contribution in [0, 0.1) is 6.92 Å². The maximum atomic E-state index is 11.5. The molecular formula is C15H15ClO7. The van der Waals surface area contributed by atoms with Crippen LogP contribution < -0.4 is 10.4 Å². The molecule has 1 aromatic heterocycles. The molecule has 3 N–H and O–H groups in total. The average Bonchev–Trinajstić information content (AvgIpc) is 2.49. The molecule has 8 heteroatoms. The third-order valence-electron chi connectivity index (χ3n) is 3.70. The van der Waals surface area contributed by atoms with Crippen molar-refractivity contribution in [3.05, 3.63) is 39.2 Å². The molecule has 3 rings (SSSR count). The van der Waals surface area contributed by atoms with Gasteiger partial charge in [-0.25, -0.2) is 4.79 Å². The zero-order chi connectivity index (χ0) is 16.7. The number of fused-ring (bicyclic) bond motifs is 1. The van der Waals surface area contributed by atoms with Crippen molar-refractivity contribution in [2.45, 2.75) is 31.5 Å². The highest BCUT2D eigenvalue weighted by Crippen LogP contribution is 2.33. The first-order chi connectivity index (χ1) is 10.9. The normalized spacial score (nSPS) is 28.0. The van der Waals surface area contributed by atoms with E-state index >= 15 is 0 Å². The van der Waals surface area contributed by atoms with Crippen LogP contribution in [0.3, 0.4) is 0 Å². The summed E-state index contributed by atoms with van der Waals surface area (Å²) in [6, 6.07) is 4.34. The van der Waals surface area contributed by atoms with E-state index in [4.69, 9.17) is 25.5 Å². The van der Waals surface area contributed by atoms with E-state index in [0.717, 1.165) is 0 Å². The van der Waals surface area contributed by atoms with Crippen LogP contribution >= 0.6 is 11.6 Å². The number of hydrogen-bond donors (Lipinski definition) is 3. The number of ether oxygens (including phenoxy) is 2. The van der Waals surface area contributed by atoms with Crippen molar-refractivity contribution in [3.8, 4) is 5.75 Å². The van der Waals surface area contributed by atoms with Crippen LogP contribution in [0.15, 0.2) is 27.4 Å². The number of aryl methyl sites for hydroxylation is 1. The predicted octanol–water partition coefficient (Wildman–Crippen LogP) is 0.573.